The number of unbranched alkanes of at least 4 members (excludes halogenated alkanes) is 1. The van der Waals surface area contributed by atoms with E-state index in [0.29, 0.717) is 5.82 Å². The van der Waals surface area contributed by atoms with Gasteiger partial charge in [0.25, 0.3) is 0 Å². The number of hydrazine groups is 1. The fraction of sp³-hybridized carbons (Fsp3) is 0.545. The number of nitro groups is 1. The Morgan fingerprint density at radius 3 is 2.83 bits per heavy atom. The number of nitrogens with zero attached hydrogens (tertiary/aromatic N) is 2. The van der Waals surface area contributed by atoms with Crippen LogP contribution < -0.4 is 16.6 Å². The second-order valence-corrected chi connectivity index (χ2v) is 4.15. The summed E-state index contributed by atoms with van der Waals surface area (Å²) in [6.45, 7) is 4.08. The third-order valence-corrected chi connectivity index (χ3v) is 2.59. The largest absolute Gasteiger partial charge is 0.362 e. The number of nitrogens with two attached hydrogens (primary N) is 1. The molecule has 1 atom stereocenters. The van der Waals surface area contributed by atoms with Gasteiger partial charge >= 0.3 is 5.69 Å². The summed E-state index contributed by atoms with van der Waals surface area (Å²) >= 11 is 0. The molecule has 0 saturated carbocycles. The van der Waals surface area contributed by atoms with Gasteiger partial charge in [-0.1, -0.05) is 19.8 Å². The van der Waals surface area contributed by atoms with Gasteiger partial charge in [0.1, 0.15) is 5.82 Å². The Kier molecular flexibility index (Phi) is 5.31. The van der Waals surface area contributed by atoms with Crippen LogP contribution in [0.2, 0.25) is 0 Å². The van der Waals surface area contributed by atoms with Crippen molar-refractivity contribution < 1.29 is 4.92 Å². The number of rotatable bonds is 7. The average Bonchev–Trinajstić information content (AvgIpc) is 2.35. The van der Waals surface area contributed by atoms with E-state index in [9.17, 15) is 10.1 Å². The van der Waals surface area contributed by atoms with E-state index in [2.05, 4.69) is 22.7 Å². The van der Waals surface area contributed by atoms with Crippen molar-refractivity contribution >= 4 is 17.3 Å². The van der Waals surface area contributed by atoms with E-state index >= 15 is 0 Å². The molecular weight excluding hydrogens is 234 g/mol. The minimum atomic E-state index is -0.456. The maximum atomic E-state index is 10.9. The summed E-state index contributed by atoms with van der Waals surface area (Å²) in [5.41, 5.74) is 2.33. The molecule has 18 heavy (non-hydrogen) atoms. The van der Waals surface area contributed by atoms with Crippen molar-refractivity contribution in [2.75, 3.05) is 10.7 Å². The Balaban J connectivity index is 2.86. The fourth-order valence-corrected chi connectivity index (χ4v) is 1.60. The molecule has 1 aromatic rings. The third kappa shape index (κ3) is 3.85. The molecule has 0 aliphatic carbocycles. The van der Waals surface area contributed by atoms with Gasteiger partial charge in [-0.2, -0.15) is 0 Å². The van der Waals surface area contributed by atoms with Gasteiger partial charge in [0.2, 0.25) is 5.82 Å². The fourth-order valence-electron chi connectivity index (χ4n) is 1.60. The summed E-state index contributed by atoms with van der Waals surface area (Å²) in [7, 11) is 0. The van der Waals surface area contributed by atoms with E-state index in [4.69, 9.17) is 5.84 Å². The first-order valence-electron chi connectivity index (χ1n) is 5.97. The minimum absolute atomic E-state index is 0.0441. The summed E-state index contributed by atoms with van der Waals surface area (Å²) < 4.78 is 0. The molecule has 0 saturated heterocycles. The normalized spacial score (nSPS) is 11.9. The van der Waals surface area contributed by atoms with Gasteiger partial charge in [-0.3, -0.25) is 10.1 Å². The van der Waals surface area contributed by atoms with Crippen molar-refractivity contribution in [2.45, 2.75) is 39.2 Å². The molecular formula is C11H19N5O2. The lowest BCUT2D eigenvalue weighted by molar-refractivity contribution is -0.384. The number of hydrogen-bond donors (Lipinski definition) is 3. The van der Waals surface area contributed by atoms with Crippen molar-refractivity contribution in [3.8, 4) is 0 Å². The second kappa shape index (κ2) is 6.75. The molecule has 0 aromatic carbocycles. The highest BCUT2D eigenvalue weighted by atomic mass is 16.6. The van der Waals surface area contributed by atoms with Crippen LogP contribution in [-0.2, 0) is 0 Å². The van der Waals surface area contributed by atoms with Crippen LogP contribution in [0, 0.1) is 10.1 Å². The number of nitrogens with one attached hydrogen (secondary N) is 2. The molecule has 1 rings (SSSR count). The molecule has 0 bridgehead atoms. The molecule has 0 fully saturated rings. The van der Waals surface area contributed by atoms with Gasteiger partial charge in [0.05, 0.1) is 4.92 Å². The quantitative estimate of drug-likeness (QED) is 0.391. The summed E-state index contributed by atoms with van der Waals surface area (Å²) in [6, 6.07) is 2.99. The van der Waals surface area contributed by atoms with Crippen LogP contribution in [-0.4, -0.2) is 15.9 Å². The van der Waals surface area contributed by atoms with E-state index in [1.807, 2.05) is 6.92 Å². The predicted octanol–water partition coefficient (Wildman–Crippen LogP) is 2.27. The van der Waals surface area contributed by atoms with Crippen LogP contribution in [0.5, 0.6) is 0 Å². The Labute approximate surface area is 106 Å². The summed E-state index contributed by atoms with van der Waals surface area (Å²) in [4.78, 5) is 14.5. The van der Waals surface area contributed by atoms with Crippen molar-refractivity contribution in [1.82, 2.24) is 4.98 Å². The van der Waals surface area contributed by atoms with Gasteiger partial charge in [0.15, 0.2) is 0 Å². The van der Waals surface area contributed by atoms with Crippen molar-refractivity contribution in [2.24, 2.45) is 5.84 Å². The second-order valence-electron chi connectivity index (χ2n) is 4.15. The number of aromatic nitrogens is 1. The van der Waals surface area contributed by atoms with Gasteiger partial charge < -0.3 is 10.7 Å². The lowest BCUT2D eigenvalue weighted by atomic mass is 10.1. The molecule has 1 aromatic heterocycles. The highest BCUT2D eigenvalue weighted by Crippen LogP contribution is 2.24. The molecule has 0 aliphatic rings. The Morgan fingerprint density at radius 2 is 2.28 bits per heavy atom. The zero-order valence-corrected chi connectivity index (χ0v) is 10.6. The van der Waals surface area contributed by atoms with Crippen LogP contribution in [0.3, 0.4) is 0 Å². The highest BCUT2D eigenvalue weighted by Gasteiger charge is 2.17. The monoisotopic (exact) mass is 253 g/mol. The van der Waals surface area contributed by atoms with Crippen molar-refractivity contribution in [3.05, 3.63) is 22.2 Å². The highest BCUT2D eigenvalue weighted by molar-refractivity contribution is 5.60. The molecule has 1 unspecified atom stereocenters. The molecule has 0 spiro atoms. The van der Waals surface area contributed by atoms with Crippen LogP contribution in [0.25, 0.3) is 0 Å². The molecule has 1 heterocycles. The van der Waals surface area contributed by atoms with Crippen LogP contribution >= 0.6 is 0 Å². The first-order valence-corrected chi connectivity index (χ1v) is 5.97. The number of anilines is 2. The van der Waals surface area contributed by atoms with E-state index < -0.39 is 4.92 Å². The number of nitrogen functional groups attached to an aromatic ring is 1. The Morgan fingerprint density at radius 1 is 1.56 bits per heavy atom. The molecule has 7 nitrogen and oxygen atoms in total. The zero-order chi connectivity index (χ0) is 13.5. The summed E-state index contributed by atoms with van der Waals surface area (Å²) in [5.74, 6) is 5.89. The topological polar surface area (TPSA) is 106 Å². The van der Waals surface area contributed by atoms with Crippen molar-refractivity contribution in [3.63, 3.8) is 0 Å². The van der Waals surface area contributed by atoms with Crippen molar-refractivity contribution in [1.29, 1.82) is 0 Å². The Bertz CT molecular complexity index is 410. The van der Waals surface area contributed by atoms with Crippen LogP contribution in [0.4, 0.5) is 17.3 Å². The number of pyridine rings is 1. The maximum absolute atomic E-state index is 10.9. The lowest BCUT2D eigenvalue weighted by Crippen LogP contribution is -2.18. The molecule has 7 heteroatoms. The van der Waals surface area contributed by atoms with Gasteiger partial charge in [0, 0.05) is 12.1 Å². The van der Waals surface area contributed by atoms with Crippen LogP contribution in [0.1, 0.15) is 33.1 Å². The average molecular weight is 253 g/mol. The first kappa shape index (κ1) is 14.2. The van der Waals surface area contributed by atoms with Crippen LogP contribution in [0.15, 0.2) is 12.1 Å². The molecule has 4 N–H and O–H groups in total. The molecule has 0 aliphatic heterocycles. The van der Waals surface area contributed by atoms with E-state index in [1.54, 1.807) is 0 Å². The van der Waals surface area contributed by atoms with Gasteiger partial charge in [-0.25, -0.2) is 10.8 Å². The Hall–Kier alpha value is -1.89. The molecule has 100 valence electrons. The summed E-state index contributed by atoms with van der Waals surface area (Å²) in [5, 5.41) is 13.9. The third-order valence-electron chi connectivity index (χ3n) is 2.59. The maximum Gasteiger partial charge on any atom is 0.311 e. The zero-order valence-electron chi connectivity index (χ0n) is 10.6. The summed E-state index contributed by atoms with van der Waals surface area (Å²) in [6.07, 6.45) is 3.10. The smallest absolute Gasteiger partial charge is 0.311 e. The molecule has 0 radical (unpaired) electrons. The van der Waals surface area contributed by atoms with Gasteiger partial charge in [-0.05, 0) is 19.4 Å². The standard InChI is InChI=1S/C11H19N5O2/c1-3-4-5-8(2)13-11-9(16(17)18)6-7-10(14-11)15-12/h6-8H,3-5,12H2,1-2H3,(H2,13,14,15). The minimum Gasteiger partial charge on any atom is -0.362 e. The van der Waals surface area contributed by atoms with Gasteiger partial charge in [-0.15, -0.1) is 0 Å². The van der Waals surface area contributed by atoms with E-state index in [1.165, 1.54) is 12.1 Å². The molecule has 0 amide bonds. The SMILES string of the molecule is CCCCC(C)Nc1nc(NN)ccc1[N+](=O)[O-]. The first-order chi connectivity index (χ1) is 8.58. The predicted molar refractivity (Wildman–Crippen MR) is 71.3 cm³/mol. The lowest BCUT2D eigenvalue weighted by Gasteiger charge is -2.14. The number of hydrogen-bond acceptors (Lipinski definition) is 6. The van der Waals surface area contributed by atoms with E-state index in [-0.39, 0.29) is 17.5 Å². The van der Waals surface area contributed by atoms with E-state index in [0.717, 1.165) is 19.3 Å².